The monoisotopic (exact) mass is 279 g/mol. The Morgan fingerprint density at radius 2 is 1.95 bits per heavy atom. The lowest BCUT2D eigenvalue weighted by Gasteiger charge is -2.26. The number of aromatic amines is 1. The van der Waals surface area contributed by atoms with Crippen LogP contribution in [0.5, 0.6) is 0 Å². The number of hydrogen-bond acceptors (Lipinski definition) is 2. The number of fused-ring (bicyclic) bond motifs is 1. The highest BCUT2D eigenvalue weighted by atomic mass is 35.5. The molecule has 1 aromatic carbocycles. The third-order valence-corrected chi connectivity index (χ3v) is 4.06. The zero-order valence-electron chi connectivity index (χ0n) is 10.9. The number of halogens is 1. The second kappa shape index (κ2) is 5.39. The summed E-state index contributed by atoms with van der Waals surface area (Å²) in [5.41, 5.74) is 1.71. The number of nitrogens with zero attached hydrogens (tertiary/aromatic N) is 2. The molecule has 2 heterocycles. The van der Waals surface area contributed by atoms with Crippen molar-refractivity contribution < 1.29 is 0 Å². The quantitative estimate of drug-likeness (QED) is 0.938. The summed E-state index contributed by atoms with van der Waals surface area (Å²) >= 11 is 6.01. The Morgan fingerprint density at radius 1 is 1.16 bits per heavy atom. The molecule has 0 saturated carbocycles. The van der Waals surface area contributed by atoms with Crippen LogP contribution in [0.15, 0.2) is 23.0 Å². The highest BCUT2D eigenvalue weighted by Crippen LogP contribution is 2.17. The van der Waals surface area contributed by atoms with Gasteiger partial charge in [0.05, 0.1) is 11.0 Å². The first-order chi connectivity index (χ1) is 9.24. The minimum Gasteiger partial charge on any atom is -0.306 e. The zero-order chi connectivity index (χ0) is 13.2. The molecule has 1 N–H and O–H groups in total. The van der Waals surface area contributed by atoms with Gasteiger partial charge < -0.3 is 9.88 Å². The standard InChI is InChI=1S/C14H18ClN3O/c15-11-4-5-12-13(10-11)18(14(19)16-12)9-8-17-6-2-1-3-7-17/h4-5,10H,1-3,6-9H2,(H,16,19). The molecule has 1 aliphatic heterocycles. The van der Waals surface area contributed by atoms with Gasteiger partial charge in [0.1, 0.15) is 0 Å². The molecule has 0 amide bonds. The summed E-state index contributed by atoms with van der Waals surface area (Å²) in [4.78, 5) is 17.3. The SMILES string of the molecule is O=c1[nH]c2ccc(Cl)cc2n1CCN1CCCCC1. The third-order valence-electron chi connectivity index (χ3n) is 3.83. The normalized spacial score (nSPS) is 17.1. The number of H-pyrrole nitrogens is 1. The average molecular weight is 280 g/mol. The van der Waals surface area contributed by atoms with Crippen molar-refractivity contribution in [3.8, 4) is 0 Å². The van der Waals surface area contributed by atoms with Gasteiger partial charge in [0.15, 0.2) is 0 Å². The fraction of sp³-hybridized carbons (Fsp3) is 0.500. The second-order valence-corrected chi connectivity index (χ2v) is 5.58. The fourth-order valence-corrected chi connectivity index (χ4v) is 2.94. The first-order valence-electron chi connectivity index (χ1n) is 6.84. The number of aromatic nitrogens is 2. The van der Waals surface area contributed by atoms with Gasteiger partial charge in [-0.15, -0.1) is 0 Å². The van der Waals surface area contributed by atoms with E-state index >= 15 is 0 Å². The van der Waals surface area contributed by atoms with Gasteiger partial charge in [0.2, 0.25) is 0 Å². The summed E-state index contributed by atoms with van der Waals surface area (Å²) in [5.74, 6) is 0. The van der Waals surface area contributed by atoms with Crippen molar-refractivity contribution >= 4 is 22.6 Å². The van der Waals surface area contributed by atoms with Gasteiger partial charge in [-0.2, -0.15) is 0 Å². The largest absolute Gasteiger partial charge is 0.326 e. The van der Waals surface area contributed by atoms with E-state index in [1.54, 1.807) is 10.6 Å². The van der Waals surface area contributed by atoms with Gasteiger partial charge in [-0.1, -0.05) is 18.0 Å². The van der Waals surface area contributed by atoms with E-state index < -0.39 is 0 Å². The molecule has 5 heteroatoms. The Balaban J connectivity index is 1.81. The van der Waals surface area contributed by atoms with Crippen molar-refractivity contribution in [2.75, 3.05) is 19.6 Å². The van der Waals surface area contributed by atoms with E-state index in [1.807, 2.05) is 12.1 Å². The predicted octanol–water partition coefficient (Wildman–Crippen LogP) is 2.47. The number of nitrogens with one attached hydrogen (secondary N) is 1. The number of benzene rings is 1. The molecule has 0 radical (unpaired) electrons. The van der Waals surface area contributed by atoms with Gasteiger partial charge in [0, 0.05) is 18.1 Å². The Kier molecular flexibility index (Phi) is 3.62. The van der Waals surface area contributed by atoms with Crippen LogP contribution in [-0.4, -0.2) is 34.1 Å². The summed E-state index contributed by atoms with van der Waals surface area (Å²) in [6.07, 6.45) is 3.88. The van der Waals surface area contributed by atoms with E-state index in [4.69, 9.17) is 11.6 Å². The van der Waals surface area contributed by atoms with Crippen molar-refractivity contribution in [1.29, 1.82) is 0 Å². The van der Waals surface area contributed by atoms with E-state index in [0.29, 0.717) is 5.02 Å². The van der Waals surface area contributed by atoms with E-state index in [1.165, 1.54) is 19.3 Å². The molecule has 0 aliphatic carbocycles. The van der Waals surface area contributed by atoms with E-state index in [-0.39, 0.29) is 5.69 Å². The number of imidazole rings is 1. The van der Waals surface area contributed by atoms with Crippen molar-refractivity contribution in [3.63, 3.8) is 0 Å². The van der Waals surface area contributed by atoms with Crippen molar-refractivity contribution in [2.45, 2.75) is 25.8 Å². The fourth-order valence-electron chi connectivity index (χ4n) is 2.77. The summed E-state index contributed by atoms with van der Waals surface area (Å²) in [6, 6.07) is 5.51. The summed E-state index contributed by atoms with van der Waals surface area (Å²) in [5, 5.41) is 0.665. The molecule has 102 valence electrons. The molecule has 19 heavy (non-hydrogen) atoms. The van der Waals surface area contributed by atoms with Gasteiger partial charge in [0.25, 0.3) is 0 Å². The summed E-state index contributed by atoms with van der Waals surface area (Å²) in [6.45, 7) is 3.95. The van der Waals surface area contributed by atoms with Gasteiger partial charge >= 0.3 is 5.69 Å². The molecule has 3 rings (SSSR count). The van der Waals surface area contributed by atoms with Gasteiger partial charge in [-0.25, -0.2) is 4.79 Å². The summed E-state index contributed by atoms with van der Waals surface area (Å²) in [7, 11) is 0. The highest BCUT2D eigenvalue weighted by molar-refractivity contribution is 6.31. The first kappa shape index (κ1) is 12.8. The van der Waals surface area contributed by atoms with E-state index in [2.05, 4.69) is 9.88 Å². The molecule has 2 aromatic rings. The first-order valence-corrected chi connectivity index (χ1v) is 7.22. The Bertz CT molecular complexity index is 625. The van der Waals surface area contributed by atoms with Crippen LogP contribution in [0, 0.1) is 0 Å². The van der Waals surface area contributed by atoms with Crippen LogP contribution in [-0.2, 0) is 6.54 Å². The van der Waals surface area contributed by atoms with Crippen LogP contribution in [0.4, 0.5) is 0 Å². The minimum absolute atomic E-state index is 0.0470. The van der Waals surface area contributed by atoms with Gasteiger partial charge in [-0.3, -0.25) is 4.57 Å². The molecule has 0 bridgehead atoms. The van der Waals surface area contributed by atoms with Gasteiger partial charge in [-0.05, 0) is 44.1 Å². The zero-order valence-corrected chi connectivity index (χ0v) is 11.6. The lowest BCUT2D eigenvalue weighted by molar-refractivity contribution is 0.221. The minimum atomic E-state index is -0.0470. The predicted molar refractivity (Wildman–Crippen MR) is 77.9 cm³/mol. The van der Waals surface area contributed by atoms with Crippen LogP contribution < -0.4 is 5.69 Å². The highest BCUT2D eigenvalue weighted by Gasteiger charge is 2.12. The Labute approximate surface area is 117 Å². The molecule has 0 spiro atoms. The molecule has 1 fully saturated rings. The number of likely N-dealkylation sites (tertiary alicyclic amines) is 1. The van der Waals surface area contributed by atoms with Crippen LogP contribution in [0.3, 0.4) is 0 Å². The third kappa shape index (κ3) is 2.69. The number of hydrogen-bond donors (Lipinski definition) is 1. The molecule has 0 atom stereocenters. The van der Waals surface area contributed by atoms with Crippen LogP contribution in [0.25, 0.3) is 11.0 Å². The maximum atomic E-state index is 12.0. The number of piperidine rings is 1. The molecular weight excluding hydrogens is 262 g/mol. The van der Waals surface area contributed by atoms with Crippen molar-refractivity contribution in [1.82, 2.24) is 14.5 Å². The van der Waals surface area contributed by atoms with Crippen LogP contribution >= 0.6 is 11.6 Å². The van der Waals surface area contributed by atoms with E-state index in [0.717, 1.165) is 37.2 Å². The molecule has 1 saturated heterocycles. The average Bonchev–Trinajstić information content (AvgIpc) is 2.73. The summed E-state index contributed by atoms with van der Waals surface area (Å²) < 4.78 is 1.79. The molecule has 0 unspecified atom stereocenters. The molecule has 1 aromatic heterocycles. The lowest BCUT2D eigenvalue weighted by atomic mass is 10.1. The topological polar surface area (TPSA) is 41.0 Å². The lowest BCUT2D eigenvalue weighted by Crippen LogP contribution is -2.34. The van der Waals surface area contributed by atoms with Crippen LogP contribution in [0.1, 0.15) is 19.3 Å². The Morgan fingerprint density at radius 3 is 2.74 bits per heavy atom. The Hall–Kier alpha value is -1.26. The van der Waals surface area contributed by atoms with E-state index in [9.17, 15) is 4.79 Å². The smallest absolute Gasteiger partial charge is 0.306 e. The molecule has 1 aliphatic rings. The van der Waals surface area contributed by atoms with Crippen LogP contribution in [0.2, 0.25) is 5.02 Å². The van der Waals surface area contributed by atoms with Crippen molar-refractivity contribution in [2.24, 2.45) is 0 Å². The van der Waals surface area contributed by atoms with Crippen molar-refractivity contribution in [3.05, 3.63) is 33.7 Å². The maximum absolute atomic E-state index is 12.0. The maximum Gasteiger partial charge on any atom is 0.326 e. The second-order valence-electron chi connectivity index (χ2n) is 5.15. The molecular formula is C14H18ClN3O. The molecule has 4 nitrogen and oxygen atoms in total. The number of rotatable bonds is 3.